The van der Waals surface area contributed by atoms with E-state index >= 15 is 0 Å². The maximum Gasteiger partial charge on any atom is 0.337 e. The van der Waals surface area contributed by atoms with E-state index in [1.54, 1.807) is 0 Å². The van der Waals surface area contributed by atoms with E-state index < -0.39 is 0 Å². The van der Waals surface area contributed by atoms with Crippen molar-refractivity contribution in [2.75, 3.05) is 7.11 Å². The van der Waals surface area contributed by atoms with E-state index in [0.29, 0.717) is 17.4 Å². The van der Waals surface area contributed by atoms with Gasteiger partial charge in [-0.1, -0.05) is 69.5 Å². The molecule has 3 aliphatic rings. The molecule has 2 unspecified atom stereocenters. The van der Waals surface area contributed by atoms with Gasteiger partial charge in [-0.05, 0) is 72.8 Å². The number of aromatic nitrogens is 1. The number of rotatable bonds is 5. The Hall–Kier alpha value is -2.81. The Morgan fingerprint density at radius 2 is 1.91 bits per heavy atom. The Labute approximate surface area is 209 Å². The average molecular weight is 468 g/mol. The number of fused-ring (bicyclic) bond motifs is 7. The van der Waals surface area contributed by atoms with Crippen molar-refractivity contribution in [2.45, 2.75) is 83.6 Å². The van der Waals surface area contributed by atoms with Gasteiger partial charge in [0.2, 0.25) is 0 Å². The highest BCUT2D eigenvalue weighted by molar-refractivity contribution is 5.99. The zero-order chi connectivity index (χ0) is 24.3. The minimum Gasteiger partial charge on any atom is -0.465 e. The first-order valence-corrected chi connectivity index (χ1v) is 13.6. The molecule has 3 nitrogen and oxygen atoms in total. The van der Waals surface area contributed by atoms with Gasteiger partial charge in [0.05, 0.1) is 18.4 Å². The van der Waals surface area contributed by atoms with Gasteiger partial charge >= 0.3 is 5.97 Å². The van der Waals surface area contributed by atoms with Crippen LogP contribution in [0.2, 0.25) is 0 Å². The number of esters is 1. The Morgan fingerprint density at radius 1 is 1.11 bits per heavy atom. The molecule has 2 heterocycles. The van der Waals surface area contributed by atoms with E-state index in [2.05, 4.69) is 55.3 Å². The van der Waals surface area contributed by atoms with Crippen LogP contribution in [0.3, 0.4) is 0 Å². The minimum atomic E-state index is -0.264. The largest absolute Gasteiger partial charge is 0.465 e. The Morgan fingerprint density at radius 3 is 2.63 bits per heavy atom. The zero-order valence-corrected chi connectivity index (χ0v) is 21.5. The van der Waals surface area contributed by atoms with Crippen LogP contribution in [0.1, 0.15) is 97.7 Å². The number of hydrogen-bond acceptors (Lipinski definition) is 2. The van der Waals surface area contributed by atoms with Gasteiger partial charge in [0, 0.05) is 28.4 Å². The summed E-state index contributed by atoms with van der Waals surface area (Å²) in [6.07, 6.45) is 9.70. The fraction of sp³-hybridized carbons (Fsp3) is 0.469. The molecule has 3 heteroatoms. The smallest absolute Gasteiger partial charge is 0.337 e. The van der Waals surface area contributed by atoms with E-state index in [4.69, 9.17) is 4.74 Å². The molecular formula is C32H37NO2. The van der Waals surface area contributed by atoms with Crippen LogP contribution in [0.4, 0.5) is 0 Å². The first kappa shape index (κ1) is 22.6. The number of carbonyl (C=O) groups excluding carboxylic acids is 1. The van der Waals surface area contributed by atoms with Crippen molar-refractivity contribution < 1.29 is 9.53 Å². The van der Waals surface area contributed by atoms with Gasteiger partial charge < -0.3 is 9.30 Å². The quantitative estimate of drug-likeness (QED) is 0.280. The second kappa shape index (κ2) is 8.40. The van der Waals surface area contributed by atoms with Crippen molar-refractivity contribution in [1.29, 1.82) is 0 Å². The van der Waals surface area contributed by atoms with E-state index in [1.807, 2.05) is 6.07 Å². The van der Waals surface area contributed by atoms with Crippen molar-refractivity contribution in [3.63, 3.8) is 0 Å². The van der Waals surface area contributed by atoms with Crippen LogP contribution in [0.25, 0.3) is 22.2 Å². The number of nitrogens with zero attached hydrogens (tertiary/aromatic N) is 1. The second-order valence-electron chi connectivity index (χ2n) is 11.1. The van der Waals surface area contributed by atoms with Gasteiger partial charge in [0.15, 0.2) is 0 Å². The van der Waals surface area contributed by atoms with Crippen molar-refractivity contribution in [2.24, 2.45) is 5.41 Å². The SMILES string of the molecule is C=C(CC)C12CC1c1cc(CC)ccc1-c1c(C3CCCCC3)c3ccc(C(=O)OC)cc3n1C2. The number of methoxy groups -OCH3 is 1. The number of aryl methyl sites for hydroxylation is 1. The number of benzene rings is 2. The molecule has 0 radical (unpaired) electrons. The summed E-state index contributed by atoms with van der Waals surface area (Å²) in [6, 6.07) is 13.5. The molecule has 0 spiro atoms. The summed E-state index contributed by atoms with van der Waals surface area (Å²) in [6.45, 7) is 10.0. The molecule has 0 saturated heterocycles. The predicted molar refractivity (Wildman–Crippen MR) is 143 cm³/mol. The summed E-state index contributed by atoms with van der Waals surface area (Å²) in [7, 11) is 1.47. The van der Waals surface area contributed by atoms with E-state index in [-0.39, 0.29) is 11.4 Å². The topological polar surface area (TPSA) is 31.2 Å². The van der Waals surface area contributed by atoms with E-state index in [9.17, 15) is 4.79 Å². The van der Waals surface area contributed by atoms with Crippen LogP contribution in [-0.4, -0.2) is 17.6 Å². The zero-order valence-electron chi connectivity index (χ0n) is 21.5. The van der Waals surface area contributed by atoms with Crippen LogP contribution in [0.15, 0.2) is 48.6 Å². The summed E-state index contributed by atoms with van der Waals surface area (Å²) in [5, 5.41) is 1.32. The standard InChI is InChI=1S/C32H37NO2/c1-5-20(3)32-18-27(32)26-16-21(6-2)12-14-24(26)30-29(22-10-8-7-9-11-22)25-15-13-23(31(34)35-4)17-28(25)33(30)19-32/h12-17,22,27H,3,5-11,18-19H2,1-2,4H3. The molecule has 0 amide bonds. The lowest BCUT2D eigenvalue weighted by atomic mass is 9.81. The molecule has 2 aliphatic carbocycles. The van der Waals surface area contributed by atoms with Crippen molar-refractivity contribution in [3.05, 3.63) is 70.8 Å². The first-order valence-electron chi connectivity index (χ1n) is 13.6. The number of carbonyl (C=O) groups is 1. The number of ether oxygens (including phenoxy) is 1. The van der Waals surface area contributed by atoms with Gasteiger partial charge in [-0.15, -0.1) is 0 Å². The highest BCUT2D eigenvalue weighted by Crippen LogP contribution is 2.68. The van der Waals surface area contributed by atoms with Crippen LogP contribution < -0.4 is 0 Å². The van der Waals surface area contributed by atoms with Crippen LogP contribution >= 0.6 is 0 Å². The van der Waals surface area contributed by atoms with E-state index in [0.717, 1.165) is 19.4 Å². The van der Waals surface area contributed by atoms with Gasteiger partial charge in [-0.3, -0.25) is 0 Å². The average Bonchev–Trinajstić information content (AvgIpc) is 3.58. The molecule has 35 heavy (non-hydrogen) atoms. The Balaban J connectivity index is 1.68. The molecule has 2 aromatic carbocycles. The highest BCUT2D eigenvalue weighted by atomic mass is 16.5. The third-order valence-electron chi connectivity index (χ3n) is 9.34. The maximum absolute atomic E-state index is 12.5. The number of hydrogen-bond donors (Lipinski definition) is 0. The number of allylic oxidation sites excluding steroid dienone is 1. The normalized spacial score (nSPS) is 23.2. The predicted octanol–water partition coefficient (Wildman–Crippen LogP) is 8.16. The van der Waals surface area contributed by atoms with Gasteiger partial charge in [0.1, 0.15) is 0 Å². The molecule has 2 atom stereocenters. The lowest BCUT2D eigenvalue weighted by molar-refractivity contribution is 0.0601. The molecule has 0 bridgehead atoms. The van der Waals surface area contributed by atoms with Crippen molar-refractivity contribution >= 4 is 16.9 Å². The summed E-state index contributed by atoms with van der Waals surface area (Å²) in [5.41, 5.74) is 10.6. The Bertz CT molecular complexity index is 1340. The molecular weight excluding hydrogens is 430 g/mol. The Kier molecular flexibility index (Phi) is 5.43. The molecule has 2 saturated carbocycles. The van der Waals surface area contributed by atoms with Crippen LogP contribution in [-0.2, 0) is 17.7 Å². The molecule has 2 fully saturated rings. The third kappa shape index (κ3) is 3.34. The van der Waals surface area contributed by atoms with Gasteiger partial charge in [-0.2, -0.15) is 0 Å². The van der Waals surface area contributed by atoms with Gasteiger partial charge in [-0.25, -0.2) is 4.79 Å². The minimum absolute atomic E-state index is 0.109. The molecule has 0 N–H and O–H groups in total. The van der Waals surface area contributed by atoms with Crippen LogP contribution in [0.5, 0.6) is 0 Å². The van der Waals surface area contributed by atoms with E-state index in [1.165, 1.54) is 90.1 Å². The monoisotopic (exact) mass is 467 g/mol. The summed E-state index contributed by atoms with van der Waals surface area (Å²) >= 11 is 0. The highest BCUT2D eigenvalue weighted by Gasteiger charge is 2.58. The summed E-state index contributed by atoms with van der Waals surface area (Å²) in [4.78, 5) is 12.5. The van der Waals surface area contributed by atoms with Crippen molar-refractivity contribution in [1.82, 2.24) is 4.57 Å². The molecule has 1 aromatic heterocycles. The molecule has 6 rings (SSSR count). The summed E-state index contributed by atoms with van der Waals surface area (Å²) in [5.74, 6) is 0.847. The first-order chi connectivity index (χ1) is 17.0. The lowest BCUT2D eigenvalue weighted by Gasteiger charge is -2.24. The van der Waals surface area contributed by atoms with Crippen LogP contribution in [0, 0.1) is 5.41 Å². The second-order valence-corrected chi connectivity index (χ2v) is 11.1. The maximum atomic E-state index is 12.5. The fourth-order valence-corrected chi connectivity index (χ4v) is 7.24. The van der Waals surface area contributed by atoms with Gasteiger partial charge in [0.25, 0.3) is 0 Å². The molecule has 182 valence electrons. The summed E-state index contributed by atoms with van der Waals surface area (Å²) < 4.78 is 7.67. The molecule has 3 aromatic rings. The lowest BCUT2D eigenvalue weighted by Crippen LogP contribution is -2.15. The third-order valence-corrected chi connectivity index (χ3v) is 9.34. The molecule has 1 aliphatic heterocycles. The van der Waals surface area contributed by atoms with Crippen molar-refractivity contribution in [3.8, 4) is 11.3 Å². The fourth-order valence-electron chi connectivity index (χ4n) is 7.24.